The topological polar surface area (TPSA) is 37.3 Å². The van der Waals surface area contributed by atoms with E-state index in [2.05, 4.69) is 13.8 Å². The van der Waals surface area contributed by atoms with Crippen molar-refractivity contribution in [3.05, 3.63) is 0 Å². The third-order valence-electron chi connectivity index (χ3n) is 6.91. The average molecular weight is 439 g/mol. The van der Waals surface area contributed by atoms with Gasteiger partial charge >= 0.3 is 5.97 Å². The highest BCUT2D eigenvalue weighted by Crippen LogP contribution is 2.20. The van der Waals surface area contributed by atoms with Crippen LogP contribution in [0.1, 0.15) is 174 Å². The lowest BCUT2D eigenvalue weighted by atomic mass is 9.94. The van der Waals surface area contributed by atoms with Crippen LogP contribution in [0.3, 0.4) is 0 Å². The first-order valence-electron chi connectivity index (χ1n) is 14.4. The second-order valence-electron chi connectivity index (χ2n) is 10.0. The van der Waals surface area contributed by atoms with Gasteiger partial charge in [0, 0.05) is 0 Å². The fourth-order valence-electron chi connectivity index (χ4n) is 4.68. The Hall–Kier alpha value is -0.530. The van der Waals surface area contributed by atoms with Crippen molar-refractivity contribution in [2.45, 2.75) is 174 Å². The molecule has 0 bridgehead atoms. The number of carbonyl (C=O) groups is 1. The summed E-state index contributed by atoms with van der Waals surface area (Å²) in [4.78, 5) is 11.5. The molecule has 0 amide bonds. The van der Waals surface area contributed by atoms with Gasteiger partial charge in [0.05, 0.1) is 5.92 Å². The molecule has 1 unspecified atom stereocenters. The van der Waals surface area contributed by atoms with E-state index in [1.165, 1.54) is 135 Å². The molecule has 2 heteroatoms. The molecule has 0 fully saturated rings. The van der Waals surface area contributed by atoms with E-state index in [0.717, 1.165) is 25.7 Å². The van der Waals surface area contributed by atoms with Crippen molar-refractivity contribution in [1.82, 2.24) is 0 Å². The smallest absolute Gasteiger partial charge is 0.306 e. The summed E-state index contributed by atoms with van der Waals surface area (Å²) >= 11 is 0. The van der Waals surface area contributed by atoms with Crippen molar-refractivity contribution in [2.24, 2.45) is 5.92 Å². The van der Waals surface area contributed by atoms with Gasteiger partial charge in [-0.05, 0) is 12.8 Å². The Morgan fingerprint density at radius 2 is 0.677 bits per heavy atom. The fraction of sp³-hybridized carbons (Fsp3) is 0.966. The predicted octanol–water partition coefficient (Wildman–Crippen LogP) is 10.5. The van der Waals surface area contributed by atoms with E-state index in [-0.39, 0.29) is 5.92 Å². The zero-order valence-electron chi connectivity index (χ0n) is 21.6. The fourth-order valence-corrected chi connectivity index (χ4v) is 4.68. The van der Waals surface area contributed by atoms with Gasteiger partial charge in [-0.3, -0.25) is 4.79 Å². The number of rotatable bonds is 26. The van der Waals surface area contributed by atoms with E-state index in [4.69, 9.17) is 0 Å². The molecule has 0 aromatic heterocycles. The lowest BCUT2D eigenvalue weighted by Gasteiger charge is -2.12. The quantitative estimate of drug-likeness (QED) is 0.136. The molecule has 186 valence electrons. The molecule has 1 atom stereocenters. The lowest BCUT2D eigenvalue weighted by Crippen LogP contribution is -2.13. The van der Waals surface area contributed by atoms with E-state index in [0.29, 0.717) is 0 Å². The molecule has 0 rings (SSSR count). The largest absolute Gasteiger partial charge is 0.481 e. The Morgan fingerprint density at radius 1 is 0.452 bits per heavy atom. The third kappa shape index (κ3) is 24.0. The molecule has 0 saturated carbocycles. The SMILES string of the molecule is CCCCCCCCCCCCCCC(CCCCCCCCCCCCC)C(=O)O. The summed E-state index contributed by atoms with van der Waals surface area (Å²) in [6.07, 6.45) is 32.6. The van der Waals surface area contributed by atoms with Gasteiger partial charge in [-0.25, -0.2) is 0 Å². The maximum atomic E-state index is 11.5. The third-order valence-corrected chi connectivity index (χ3v) is 6.91. The van der Waals surface area contributed by atoms with Crippen LogP contribution in [-0.2, 0) is 4.79 Å². The zero-order chi connectivity index (χ0) is 22.8. The van der Waals surface area contributed by atoms with Crippen LogP contribution in [0.4, 0.5) is 0 Å². The van der Waals surface area contributed by atoms with E-state index in [1.54, 1.807) is 0 Å². The maximum Gasteiger partial charge on any atom is 0.306 e. The normalized spacial score (nSPS) is 12.3. The van der Waals surface area contributed by atoms with Crippen molar-refractivity contribution in [2.75, 3.05) is 0 Å². The van der Waals surface area contributed by atoms with Crippen LogP contribution < -0.4 is 0 Å². The summed E-state index contributed by atoms with van der Waals surface area (Å²) in [5, 5.41) is 9.51. The molecule has 0 spiro atoms. The summed E-state index contributed by atoms with van der Waals surface area (Å²) in [5.74, 6) is -0.656. The molecule has 0 radical (unpaired) electrons. The van der Waals surface area contributed by atoms with Crippen molar-refractivity contribution in [3.63, 3.8) is 0 Å². The number of aliphatic carboxylic acids is 1. The number of carboxylic acid groups (broad SMARTS) is 1. The summed E-state index contributed by atoms with van der Waals surface area (Å²) < 4.78 is 0. The highest BCUT2D eigenvalue weighted by atomic mass is 16.4. The molecule has 0 aliphatic heterocycles. The van der Waals surface area contributed by atoms with Crippen LogP contribution in [0.5, 0.6) is 0 Å². The Kier molecular flexibility index (Phi) is 25.3. The molecule has 0 aliphatic rings. The Labute approximate surface area is 196 Å². The van der Waals surface area contributed by atoms with Gasteiger partial charge in [-0.15, -0.1) is 0 Å². The summed E-state index contributed by atoms with van der Waals surface area (Å²) in [6, 6.07) is 0. The standard InChI is InChI=1S/C29H58O2/c1-3-5-7-9-11-13-15-17-19-21-23-25-27-28(29(30)31)26-24-22-20-18-16-14-12-10-8-6-4-2/h28H,3-27H2,1-2H3,(H,30,31). The van der Waals surface area contributed by atoms with E-state index in [1.807, 2.05) is 0 Å². The number of unbranched alkanes of at least 4 members (excludes halogenated alkanes) is 21. The van der Waals surface area contributed by atoms with Crippen molar-refractivity contribution >= 4 is 5.97 Å². The molecule has 0 heterocycles. The molecule has 2 nitrogen and oxygen atoms in total. The minimum atomic E-state index is -0.560. The van der Waals surface area contributed by atoms with Crippen molar-refractivity contribution in [3.8, 4) is 0 Å². The maximum absolute atomic E-state index is 11.5. The average Bonchev–Trinajstić information content (AvgIpc) is 2.76. The van der Waals surface area contributed by atoms with Crippen LogP contribution in [0.25, 0.3) is 0 Å². The molecule has 0 saturated heterocycles. The van der Waals surface area contributed by atoms with Crippen LogP contribution in [0.15, 0.2) is 0 Å². The van der Waals surface area contributed by atoms with Crippen LogP contribution >= 0.6 is 0 Å². The Bertz CT molecular complexity index is 353. The molecular weight excluding hydrogens is 380 g/mol. The summed E-state index contributed by atoms with van der Waals surface area (Å²) in [5.41, 5.74) is 0. The van der Waals surface area contributed by atoms with E-state index in [9.17, 15) is 9.90 Å². The van der Waals surface area contributed by atoms with Crippen LogP contribution in [0.2, 0.25) is 0 Å². The van der Waals surface area contributed by atoms with Crippen molar-refractivity contribution in [1.29, 1.82) is 0 Å². The van der Waals surface area contributed by atoms with Gasteiger partial charge in [0.1, 0.15) is 0 Å². The highest BCUT2D eigenvalue weighted by Gasteiger charge is 2.16. The monoisotopic (exact) mass is 438 g/mol. The van der Waals surface area contributed by atoms with Crippen LogP contribution in [-0.4, -0.2) is 11.1 Å². The first-order valence-corrected chi connectivity index (χ1v) is 14.4. The first-order chi connectivity index (χ1) is 15.2. The number of hydrogen-bond donors (Lipinski definition) is 1. The van der Waals surface area contributed by atoms with Gasteiger partial charge in [0.2, 0.25) is 0 Å². The Balaban J connectivity index is 3.43. The molecule has 31 heavy (non-hydrogen) atoms. The molecule has 0 aromatic carbocycles. The minimum Gasteiger partial charge on any atom is -0.481 e. The van der Waals surface area contributed by atoms with Crippen molar-refractivity contribution < 1.29 is 9.90 Å². The van der Waals surface area contributed by atoms with Gasteiger partial charge < -0.3 is 5.11 Å². The molecule has 0 aromatic rings. The molecule has 0 aliphatic carbocycles. The van der Waals surface area contributed by atoms with Gasteiger partial charge in [-0.1, -0.05) is 162 Å². The highest BCUT2D eigenvalue weighted by molar-refractivity contribution is 5.69. The lowest BCUT2D eigenvalue weighted by molar-refractivity contribution is -0.142. The van der Waals surface area contributed by atoms with Crippen LogP contribution in [0, 0.1) is 5.92 Å². The second-order valence-corrected chi connectivity index (χ2v) is 10.0. The molecule has 1 N–H and O–H groups in total. The zero-order valence-corrected chi connectivity index (χ0v) is 21.6. The second kappa shape index (κ2) is 25.7. The number of carboxylic acids is 1. The van der Waals surface area contributed by atoms with Gasteiger partial charge in [-0.2, -0.15) is 0 Å². The summed E-state index contributed by atoms with van der Waals surface area (Å²) in [7, 11) is 0. The summed E-state index contributed by atoms with van der Waals surface area (Å²) in [6.45, 7) is 4.55. The van der Waals surface area contributed by atoms with Gasteiger partial charge in [0.25, 0.3) is 0 Å². The predicted molar refractivity (Wildman–Crippen MR) is 138 cm³/mol. The molecular formula is C29H58O2. The van der Waals surface area contributed by atoms with E-state index >= 15 is 0 Å². The Morgan fingerprint density at radius 3 is 0.903 bits per heavy atom. The minimum absolute atomic E-state index is 0.0957. The van der Waals surface area contributed by atoms with Gasteiger partial charge in [0.15, 0.2) is 0 Å². The first kappa shape index (κ1) is 30.5. The van der Waals surface area contributed by atoms with E-state index < -0.39 is 5.97 Å². The number of hydrogen-bond acceptors (Lipinski definition) is 1.